The molecule has 0 atom stereocenters. The first-order valence-corrected chi connectivity index (χ1v) is 6.31. The minimum Gasteiger partial charge on any atom is -0.338 e. The van der Waals surface area contributed by atoms with Gasteiger partial charge in [-0.25, -0.2) is 19.8 Å². The Kier molecular flexibility index (Phi) is 5.53. The first-order chi connectivity index (χ1) is 10.7. The maximum atomic E-state index is 11.4. The Morgan fingerprint density at radius 2 is 1.27 bits per heavy atom. The summed E-state index contributed by atoms with van der Waals surface area (Å²) in [5.74, 6) is 0.329. The van der Waals surface area contributed by atoms with Crippen molar-refractivity contribution in [1.82, 2.24) is 51.9 Å². The molecule has 0 aromatic carbocycles. The normalized spacial score (nSPS) is 10.0. The summed E-state index contributed by atoms with van der Waals surface area (Å²) in [7, 11) is 0. The summed E-state index contributed by atoms with van der Waals surface area (Å²) in [6.45, 7) is 0.894. The van der Waals surface area contributed by atoms with Crippen molar-refractivity contribution < 1.29 is 9.59 Å². The predicted molar refractivity (Wildman–Crippen MR) is 71.6 cm³/mol. The number of rotatable bonds is 7. The Balaban J connectivity index is 1.47. The smallest absolute Gasteiger partial charge is 0.321 e. The number of nitrogens with zero attached hydrogens (tertiary/aromatic N) is 6. The lowest BCUT2D eigenvalue weighted by molar-refractivity contribution is 0.249. The van der Waals surface area contributed by atoms with Crippen LogP contribution in [0.4, 0.5) is 21.5 Å². The molecular formula is C8H14N12O2. The molecule has 0 saturated carbocycles. The van der Waals surface area contributed by atoms with Gasteiger partial charge in [0.2, 0.25) is 11.9 Å². The van der Waals surface area contributed by atoms with Gasteiger partial charge in [-0.1, -0.05) is 10.2 Å². The fraction of sp³-hybridized carbons (Fsp3) is 0.500. The van der Waals surface area contributed by atoms with Crippen molar-refractivity contribution in [3.63, 3.8) is 0 Å². The van der Waals surface area contributed by atoms with E-state index in [0.29, 0.717) is 25.9 Å². The van der Waals surface area contributed by atoms with Gasteiger partial charge in [-0.2, -0.15) is 0 Å². The number of hydrogen-bond donors (Lipinski definition) is 6. The molecule has 0 aliphatic carbocycles. The second-order valence-electron chi connectivity index (χ2n) is 3.97. The van der Waals surface area contributed by atoms with Crippen LogP contribution in [0.15, 0.2) is 0 Å². The highest BCUT2D eigenvalue weighted by atomic mass is 16.2. The SMILES string of the molecule is O=C(NCCCCNC(=O)Nc1nnn[nH]1)Nc1nnn[nH]1. The van der Waals surface area contributed by atoms with E-state index in [9.17, 15) is 9.59 Å². The minimum absolute atomic E-state index is 0.165. The molecular weight excluding hydrogens is 296 g/mol. The Morgan fingerprint density at radius 3 is 1.64 bits per heavy atom. The molecule has 22 heavy (non-hydrogen) atoms. The molecule has 0 bridgehead atoms. The first-order valence-electron chi connectivity index (χ1n) is 6.31. The van der Waals surface area contributed by atoms with Crippen LogP contribution in [0.1, 0.15) is 12.8 Å². The number of hydrogen-bond acceptors (Lipinski definition) is 8. The quantitative estimate of drug-likeness (QED) is 0.330. The van der Waals surface area contributed by atoms with Gasteiger partial charge in [-0.15, -0.1) is 0 Å². The van der Waals surface area contributed by atoms with E-state index in [1.165, 1.54) is 0 Å². The van der Waals surface area contributed by atoms with Crippen LogP contribution in [0.2, 0.25) is 0 Å². The van der Waals surface area contributed by atoms with E-state index in [0.717, 1.165) is 0 Å². The molecule has 6 N–H and O–H groups in total. The topological polar surface area (TPSA) is 191 Å². The number of urea groups is 2. The molecule has 14 heteroatoms. The van der Waals surface area contributed by atoms with Crippen LogP contribution in [0, 0.1) is 0 Å². The largest absolute Gasteiger partial charge is 0.338 e. The molecule has 4 amide bonds. The highest BCUT2D eigenvalue weighted by Gasteiger charge is 2.04. The molecule has 2 aromatic heterocycles. The summed E-state index contributed by atoms with van der Waals surface area (Å²) in [6.07, 6.45) is 1.37. The fourth-order valence-electron chi connectivity index (χ4n) is 1.38. The van der Waals surface area contributed by atoms with Gasteiger partial charge in [-0.05, 0) is 33.7 Å². The zero-order chi connectivity index (χ0) is 15.6. The van der Waals surface area contributed by atoms with Crippen molar-refractivity contribution in [3.05, 3.63) is 0 Å². The van der Waals surface area contributed by atoms with Gasteiger partial charge < -0.3 is 10.6 Å². The Morgan fingerprint density at radius 1 is 0.818 bits per heavy atom. The molecule has 2 heterocycles. The molecule has 2 aromatic rings. The summed E-state index contributed by atoms with van der Waals surface area (Å²) in [6, 6.07) is -0.829. The molecule has 0 saturated heterocycles. The number of H-pyrrole nitrogens is 2. The van der Waals surface area contributed by atoms with Crippen molar-refractivity contribution >= 4 is 24.0 Å². The number of unbranched alkanes of at least 4 members (excludes halogenated alkanes) is 1. The van der Waals surface area contributed by atoms with Crippen molar-refractivity contribution in [2.24, 2.45) is 0 Å². The van der Waals surface area contributed by atoms with E-state index >= 15 is 0 Å². The summed E-state index contributed by atoms with van der Waals surface area (Å²) < 4.78 is 0. The van der Waals surface area contributed by atoms with Crippen molar-refractivity contribution in [2.45, 2.75) is 12.8 Å². The van der Waals surface area contributed by atoms with E-state index in [1.54, 1.807) is 0 Å². The number of amides is 4. The van der Waals surface area contributed by atoms with Gasteiger partial charge in [0, 0.05) is 13.1 Å². The van der Waals surface area contributed by atoms with Gasteiger partial charge >= 0.3 is 12.1 Å². The lowest BCUT2D eigenvalue weighted by atomic mass is 10.3. The third-order valence-corrected chi connectivity index (χ3v) is 2.33. The second-order valence-corrected chi connectivity index (χ2v) is 3.97. The third kappa shape index (κ3) is 5.35. The third-order valence-electron chi connectivity index (χ3n) is 2.33. The van der Waals surface area contributed by atoms with Crippen LogP contribution in [0.5, 0.6) is 0 Å². The molecule has 2 rings (SSSR count). The minimum atomic E-state index is -0.415. The van der Waals surface area contributed by atoms with E-state index in [1.807, 2.05) is 0 Å². The van der Waals surface area contributed by atoms with E-state index in [-0.39, 0.29) is 11.9 Å². The number of nitrogens with one attached hydrogen (secondary N) is 6. The van der Waals surface area contributed by atoms with Gasteiger partial charge in [0.1, 0.15) is 0 Å². The summed E-state index contributed by atoms with van der Waals surface area (Å²) in [5.41, 5.74) is 0. The molecule has 14 nitrogen and oxygen atoms in total. The van der Waals surface area contributed by atoms with Crippen LogP contribution in [0.25, 0.3) is 0 Å². The Labute approximate surface area is 123 Å². The van der Waals surface area contributed by atoms with Gasteiger partial charge in [0.25, 0.3) is 0 Å². The Bertz CT molecular complexity index is 514. The number of carbonyl (C=O) groups is 2. The molecule has 0 aliphatic rings. The average molecular weight is 310 g/mol. The van der Waals surface area contributed by atoms with Crippen molar-refractivity contribution in [3.8, 4) is 0 Å². The van der Waals surface area contributed by atoms with E-state index in [4.69, 9.17) is 0 Å². The summed E-state index contributed by atoms with van der Waals surface area (Å²) in [5, 5.41) is 35.1. The molecule has 0 radical (unpaired) electrons. The van der Waals surface area contributed by atoms with Crippen LogP contribution >= 0.6 is 0 Å². The lowest BCUT2D eigenvalue weighted by Gasteiger charge is -2.06. The summed E-state index contributed by atoms with van der Waals surface area (Å²) in [4.78, 5) is 22.8. The molecule has 0 unspecified atom stereocenters. The average Bonchev–Trinajstić information content (AvgIpc) is 3.16. The fourth-order valence-corrected chi connectivity index (χ4v) is 1.38. The molecule has 118 valence electrons. The summed E-state index contributed by atoms with van der Waals surface area (Å²) >= 11 is 0. The number of tetrazole rings is 2. The maximum absolute atomic E-state index is 11.4. The molecule has 0 fully saturated rings. The first kappa shape index (κ1) is 15.1. The number of carbonyl (C=O) groups excluding carboxylic acids is 2. The number of aromatic nitrogens is 8. The van der Waals surface area contributed by atoms with Crippen LogP contribution in [-0.4, -0.2) is 66.4 Å². The number of anilines is 2. The standard InChI is InChI=1S/C8H14N12O2/c21-7(11-5-13-17-18-14-5)9-3-1-2-4-10-8(22)12-6-15-19-20-16-6/h1-4H2,(H3,9,11,13,14,17,18,21)(H3,10,12,15,16,19,20,22). The van der Waals surface area contributed by atoms with E-state index < -0.39 is 12.1 Å². The predicted octanol–water partition coefficient (Wildman–Crippen LogP) is -1.56. The monoisotopic (exact) mass is 310 g/mol. The van der Waals surface area contributed by atoms with Gasteiger partial charge in [-0.3, -0.25) is 10.6 Å². The lowest BCUT2D eigenvalue weighted by Crippen LogP contribution is -2.32. The highest BCUT2D eigenvalue weighted by Crippen LogP contribution is 1.91. The van der Waals surface area contributed by atoms with Gasteiger partial charge in [0.05, 0.1) is 0 Å². The zero-order valence-corrected chi connectivity index (χ0v) is 11.3. The maximum Gasteiger partial charge on any atom is 0.321 e. The zero-order valence-electron chi connectivity index (χ0n) is 11.3. The van der Waals surface area contributed by atoms with Crippen molar-refractivity contribution in [1.29, 1.82) is 0 Å². The molecule has 0 aliphatic heterocycles. The van der Waals surface area contributed by atoms with Crippen LogP contribution in [0.3, 0.4) is 0 Å². The van der Waals surface area contributed by atoms with Gasteiger partial charge in [0.15, 0.2) is 0 Å². The number of aromatic amines is 2. The van der Waals surface area contributed by atoms with E-state index in [2.05, 4.69) is 62.5 Å². The van der Waals surface area contributed by atoms with Crippen molar-refractivity contribution in [2.75, 3.05) is 23.7 Å². The van der Waals surface area contributed by atoms with Crippen LogP contribution < -0.4 is 21.3 Å². The highest BCUT2D eigenvalue weighted by molar-refractivity contribution is 5.87. The second kappa shape index (κ2) is 8.08. The molecule has 0 spiro atoms. The van der Waals surface area contributed by atoms with Crippen LogP contribution in [-0.2, 0) is 0 Å². The Hall–Kier alpha value is -3.32.